The number of carbonyl (C=O) groups excluding carboxylic acids is 1. The molecule has 0 spiro atoms. The van der Waals surface area contributed by atoms with Crippen molar-refractivity contribution in [3.05, 3.63) is 57.6 Å². The Bertz CT molecular complexity index is 944. The Balaban J connectivity index is 1.66. The van der Waals surface area contributed by atoms with Crippen LogP contribution in [0.1, 0.15) is 44.2 Å². The molecule has 0 aliphatic carbocycles. The summed E-state index contributed by atoms with van der Waals surface area (Å²) in [4.78, 5) is 14.2. The molecular formula is C22H25Cl2N3O2. The van der Waals surface area contributed by atoms with Crippen LogP contribution in [-0.2, 0) is 4.79 Å². The summed E-state index contributed by atoms with van der Waals surface area (Å²) in [6.07, 6.45) is 2.60. The highest BCUT2D eigenvalue weighted by molar-refractivity contribution is 6.33. The molecule has 1 amide bonds. The fraction of sp³-hybridized carbons (Fsp3) is 0.364. The van der Waals surface area contributed by atoms with E-state index < -0.39 is 0 Å². The van der Waals surface area contributed by atoms with Crippen LogP contribution in [0, 0.1) is 0 Å². The van der Waals surface area contributed by atoms with Gasteiger partial charge in [0, 0.05) is 23.8 Å². The van der Waals surface area contributed by atoms with Crippen LogP contribution >= 0.6 is 23.2 Å². The van der Waals surface area contributed by atoms with Gasteiger partial charge >= 0.3 is 0 Å². The van der Waals surface area contributed by atoms with Gasteiger partial charge in [-0.3, -0.25) is 4.79 Å². The Hall–Kier alpha value is -2.24. The zero-order valence-electron chi connectivity index (χ0n) is 17.0. The summed E-state index contributed by atoms with van der Waals surface area (Å²) >= 11 is 12.5. The van der Waals surface area contributed by atoms with Gasteiger partial charge in [-0.25, -0.2) is 5.43 Å². The van der Waals surface area contributed by atoms with Crippen LogP contribution in [0.15, 0.2) is 41.5 Å². The monoisotopic (exact) mass is 433 g/mol. The highest BCUT2D eigenvalue weighted by atomic mass is 35.5. The highest BCUT2D eigenvalue weighted by Gasteiger charge is 2.34. The third kappa shape index (κ3) is 4.85. The highest BCUT2D eigenvalue weighted by Crippen LogP contribution is 2.44. The second-order valence-electron chi connectivity index (χ2n) is 7.92. The number of amides is 1. The SMILES string of the molecule is C[C@@H]1CC(C)(C)N(C)c2cc(Cl)c(/C=N/NC(=O)COc3ccccc3Cl)cc21. The van der Waals surface area contributed by atoms with Crippen LogP contribution in [0.5, 0.6) is 5.75 Å². The van der Waals surface area contributed by atoms with Gasteiger partial charge in [0.05, 0.1) is 16.3 Å². The molecule has 29 heavy (non-hydrogen) atoms. The lowest BCUT2D eigenvalue weighted by molar-refractivity contribution is -0.123. The van der Waals surface area contributed by atoms with Crippen molar-refractivity contribution in [1.29, 1.82) is 0 Å². The summed E-state index contributed by atoms with van der Waals surface area (Å²) in [7, 11) is 2.09. The van der Waals surface area contributed by atoms with E-state index in [-0.39, 0.29) is 18.1 Å². The second-order valence-corrected chi connectivity index (χ2v) is 8.74. The number of nitrogens with one attached hydrogen (secondary N) is 1. The quantitative estimate of drug-likeness (QED) is 0.517. The van der Waals surface area contributed by atoms with Gasteiger partial charge in [-0.1, -0.05) is 42.3 Å². The smallest absolute Gasteiger partial charge is 0.277 e. The second kappa shape index (κ2) is 8.64. The molecule has 2 aromatic rings. The third-order valence-corrected chi connectivity index (χ3v) is 5.98. The maximum atomic E-state index is 12.0. The summed E-state index contributed by atoms with van der Waals surface area (Å²) in [5.41, 5.74) is 5.65. The molecule has 0 aromatic heterocycles. The standard InChI is InChI=1S/C22H25Cl2N3O2/c1-14-11-22(2,3)27(4)19-10-18(24)15(9-16(14)19)12-25-26-21(28)13-29-20-8-6-5-7-17(20)23/h5-10,12,14H,11,13H2,1-4H3,(H,26,28)/b25-12+/t14-/m1/s1. The lowest BCUT2D eigenvalue weighted by atomic mass is 9.80. The Labute approximate surface area is 181 Å². The number of anilines is 1. The predicted octanol–water partition coefficient (Wildman–Crippen LogP) is 5.24. The molecule has 0 saturated heterocycles. The number of carbonyl (C=O) groups is 1. The van der Waals surface area contributed by atoms with Crippen LogP contribution in [0.25, 0.3) is 0 Å². The molecule has 1 heterocycles. The van der Waals surface area contributed by atoms with Crippen molar-refractivity contribution in [2.75, 3.05) is 18.6 Å². The largest absolute Gasteiger partial charge is 0.482 e. The number of para-hydroxylation sites is 1. The van der Waals surface area contributed by atoms with Gasteiger partial charge in [0.25, 0.3) is 5.91 Å². The number of nitrogens with zero attached hydrogens (tertiary/aromatic N) is 2. The van der Waals surface area contributed by atoms with Gasteiger partial charge in [-0.05, 0) is 56.0 Å². The van der Waals surface area contributed by atoms with Gasteiger partial charge < -0.3 is 9.64 Å². The number of hydrazone groups is 1. The molecule has 0 fully saturated rings. The first kappa shape index (κ1) is 21.5. The minimum Gasteiger partial charge on any atom is -0.482 e. The molecule has 5 nitrogen and oxygen atoms in total. The van der Waals surface area contributed by atoms with Gasteiger partial charge in [0.1, 0.15) is 5.75 Å². The topological polar surface area (TPSA) is 53.9 Å². The Kier molecular flexibility index (Phi) is 6.39. The van der Waals surface area contributed by atoms with E-state index in [1.807, 2.05) is 12.1 Å². The minimum absolute atomic E-state index is 0.0704. The van der Waals surface area contributed by atoms with Crippen molar-refractivity contribution in [3.63, 3.8) is 0 Å². The van der Waals surface area contributed by atoms with E-state index in [0.717, 1.165) is 17.7 Å². The molecule has 0 unspecified atom stereocenters. The number of hydrogen-bond acceptors (Lipinski definition) is 4. The van der Waals surface area contributed by atoms with Gasteiger partial charge in [-0.2, -0.15) is 5.10 Å². The Morgan fingerprint density at radius 1 is 1.31 bits per heavy atom. The molecule has 1 aliphatic rings. The van der Waals surface area contributed by atoms with E-state index in [1.165, 1.54) is 5.56 Å². The number of rotatable bonds is 5. The van der Waals surface area contributed by atoms with Gasteiger partial charge in [0.2, 0.25) is 0 Å². The molecule has 154 valence electrons. The Morgan fingerprint density at radius 2 is 2.03 bits per heavy atom. The van der Waals surface area contributed by atoms with Crippen LogP contribution in [0.2, 0.25) is 10.0 Å². The number of hydrogen-bond donors (Lipinski definition) is 1. The summed E-state index contributed by atoms with van der Waals surface area (Å²) in [6.45, 7) is 6.50. The summed E-state index contributed by atoms with van der Waals surface area (Å²) in [6, 6.07) is 11.0. The molecule has 0 bridgehead atoms. The lowest BCUT2D eigenvalue weighted by Crippen LogP contribution is -2.45. The average molecular weight is 434 g/mol. The zero-order valence-corrected chi connectivity index (χ0v) is 18.5. The molecule has 7 heteroatoms. The van der Waals surface area contributed by atoms with E-state index in [9.17, 15) is 4.79 Å². The third-order valence-electron chi connectivity index (χ3n) is 5.34. The lowest BCUT2D eigenvalue weighted by Gasteiger charge is -2.45. The van der Waals surface area contributed by atoms with Gasteiger partial charge in [-0.15, -0.1) is 0 Å². The van der Waals surface area contributed by atoms with Crippen LogP contribution in [0.3, 0.4) is 0 Å². The summed E-state index contributed by atoms with van der Waals surface area (Å²) in [5.74, 6) is 0.469. The first-order valence-corrected chi connectivity index (χ1v) is 10.2. The van der Waals surface area contributed by atoms with Gasteiger partial charge in [0.15, 0.2) is 6.61 Å². The van der Waals surface area contributed by atoms with E-state index >= 15 is 0 Å². The van der Waals surface area contributed by atoms with Crippen molar-refractivity contribution in [1.82, 2.24) is 5.43 Å². The Morgan fingerprint density at radius 3 is 2.76 bits per heavy atom. The van der Waals surface area contributed by atoms with E-state index in [0.29, 0.717) is 21.7 Å². The normalized spacial score (nSPS) is 17.9. The molecule has 1 N–H and O–H groups in total. The molecule has 3 rings (SSSR count). The summed E-state index contributed by atoms with van der Waals surface area (Å²) in [5, 5.41) is 5.06. The fourth-order valence-electron chi connectivity index (χ4n) is 3.61. The van der Waals surface area contributed by atoms with Crippen LogP contribution < -0.4 is 15.1 Å². The van der Waals surface area contributed by atoms with Crippen LogP contribution in [-0.4, -0.2) is 31.3 Å². The first-order valence-electron chi connectivity index (χ1n) is 9.45. The number of halogens is 2. The summed E-state index contributed by atoms with van der Waals surface area (Å²) < 4.78 is 5.40. The average Bonchev–Trinajstić information content (AvgIpc) is 2.66. The van der Waals surface area contributed by atoms with E-state index in [1.54, 1.807) is 30.5 Å². The molecule has 1 aliphatic heterocycles. The fourth-order valence-corrected chi connectivity index (χ4v) is 4.01. The number of benzene rings is 2. The zero-order chi connectivity index (χ0) is 21.2. The molecular weight excluding hydrogens is 409 g/mol. The molecule has 0 saturated carbocycles. The van der Waals surface area contributed by atoms with Crippen molar-refractivity contribution < 1.29 is 9.53 Å². The van der Waals surface area contributed by atoms with Crippen LogP contribution in [0.4, 0.5) is 5.69 Å². The van der Waals surface area contributed by atoms with Crippen molar-refractivity contribution in [2.45, 2.75) is 38.6 Å². The molecule has 1 atom stereocenters. The maximum Gasteiger partial charge on any atom is 0.277 e. The number of ether oxygens (including phenoxy) is 1. The van der Waals surface area contributed by atoms with Crippen molar-refractivity contribution >= 4 is 41.0 Å². The minimum atomic E-state index is -0.384. The predicted molar refractivity (Wildman–Crippen MR) is 120 cm³/mol. The van der Waals surface area contributed by atoms with Crippen molar-refractivity contribution in [2.24, 2.45) is 5.10 Å². The first-order chi connectivity index (χ1) is 13.7. The molecule has 0 radical (unpaired) electrons. The van der Waals surface area contributed by atoms with Crippen molar-refractivity contribution in [3.8, 4) is 5.75 Å². The van der Waals surface area contributed by atoms with E-state index in [2.05, 4.69) is 43.2 Å². The van der Waals surface area contributed by atoms with E-state index in [4.69, 9.17) is 27.9 Å². The molecule has 2 aromatic carbocycles. The number of fused-ring (bicyclic) bond motifs is 1. The maximum absolute atomic E-state index is 12.0.